The molecule has 1 aliphatic heterocycles. The second-order valence-electron chi connectivity index (χ2n) is 5.10. The summed E-state index contributed by atoms with van der Waals surface area (Å²) in [7, 11) is 0. The highest BCUT2D eigenvalue weighted by Crippen LogP contribution is 2.19. The van der Waals surface area contributed by atoms with Crippen molar-refractivity contribution in [1.82, 2.24) is 5.32 Å². The van der Waals surface area contributed by atoms with Gasteiger partial charge in [0.1, 0.15) is 11.6 Å². The van der Waals surface area contributed by atoms with Gasteiger partial charge in [-0.2, -0.15) is 0 Å². The molecule has 0 unspecified atom stereocenters. The number of carbonyl (C=O) groups excluding carboxylic acids is 1. The minimum Gasteiger partial charge on any atom is -0.481 e. The maximum atomic E-state index is 11.7. The fourth-order valence-electron chi connectivity index (χ4n) is 1.69. The van der Waals surface area contributed by atoms with Crippen molar-refractivity contribution in [3.63, 3.8) is 0 Å². The first kappa shape index (κ1) is 13.0. The van der Waals surface area contributed by atoms with Crippen molar-refractivity contribution in [2.75, 3.05) is 6.54 Å². The van der Waals surface area contributed by atoms with E-state index in [4.69, 9.17) is 9.84 Å². The van der Waals surface area contributed by atoms with Gasteiger partial charge in [-0.15, -0.1) is 0 Å². The molecular formula is C11H19NO4. The molecule has 5 nitrogen and oxygen atoms in total. The number of hydrogen-bond donors (Lipinski definition) is 2. The van der Waals surface area contributed by atoms with Gasteiger partial charge in [-0.05, 0) is 40.2 Å². The van der Waals surface area contributed by atoms with E-state index in [1.165, 1.54) is 0 Å². The highest BCUT2D eigenvalue weighted by molar-refractivity contribution is 5.78. The van der Waals surface area contributed by atoms with Crippen molar-refractivity contribution in [3.8, 4) is 0 Å². The van der Waals surface area contributed by atoms with E-state index < -0.39 is 23.5 Å². The van der Waals surface area contributed by atoms with Gasteiger partial charge in [-0.3, -0.25) is 9.59 Å². The Labute approximate surface area is 95.2 Å². The Kier molecular flexibility index (Phi) is 3.91. The number of carboxylic acids is 1. The van der Waals surface area contributed by atoms with E-state index in [1.54, 1.807) is 20.8 Å². The molecule has 0 saturated carbocycles. The van der Waals surface area contributed by atoms with E-state index in [0.29, 0.717) is 19.4 Å². The van der Waals surface area contributed by atoms with Gasteiger partial charge in [0, 0.05) is 0 Å². The first-order chi connectivity index (χ1) is 7.29. The number of nitrogens with one attached hydrogen (secondary N) is 1. The number of aliphatic carboxylic acids is 1. The molecule has 0 aromatic rings. The van der Waals surface area contributed by atoms with Crippen molar-refractivity contribution < 1.29 is 19.4 Å². The van der Waals surface area contributed by atoms with Crippen LogP contribution in [-0.4, -0.2) is 35.2 Å². The summed E-state index contributed by atoms with van der Waals surface area (Å²) in [5, 5.41) is 11.9. The predicted octanol–water partition coefficient (Wildman–Crippen LogP) is 0.781. The molecule has 92 valence electrons. The van der Waals surface area contributed by atoms with Crippen LogP contribution in [0.3, 0.4) is 0 Å². The summed E-state index contributed by atoms with van der Waals surface area (Å²) in [4.78, 5) is 22.5. The smallest absolute Gasteiger partial charge is 0.323 e. The molecule has 1 fully saturated rings. The van der Waals surface area contributed by atoms with Gasteiger partial charge >= 0.3 is 11.9 Å². The second-order valence-corrected chi connectivity index (χ2v) is 5.10. The fourth-order valence-corrected chi connectivity index (χ4v) is 1.69. The van der Waals surface area contributed by atoms with Crippen molar-refractivity contribution in [2.45, 2.75) is 45.3 Å². The summed E-state index contributed by atoms with van der Waals surface area (Å²) in [6, 6.07) is -0.492. The maximum Gasteiger partial charge on any atom is 0.323 e. The molecule has 0 radical (unpaired) electrons. The molecule has 5 heteroatoms. The molecule has 1 aliphatic rings. The number of carboxylic acid groups (broad SMARTS) is 1. The molecule has 2 N–H and O–H groups in total. The quantitative estimate of drug-likeness (QED) is 0.684. The molecule has 1 rings (SSSR count). The van der Waals surface area contributed by atoms with E-state index in [0.717, 1.165) is 0 Å². The Morgan fingerprint density at radius 2 is 2.00 bits per heavy atom. The third-order valence-electron chi connectivity index (χ3n) is 2.44. The van der Waals surface area contributed by atoms with Gasteiger partial charge in [0.2, 0.25) is 0 Å². The topological polar surface area (TPSA) is 75.6 Å². The number of ether oxygens (including phenoxy) is 1. The second kappa shape index (κ2) is 4.82. The van der Waals surface area contributed by atoms with Crippen LogP contribution in [0.15, 0.2) is 0 Å². The Morgan fingerprint density at radius 1 is 1.38 bits per heavy atom. The molecule has 0 spiro atoms. The number of esters is 1. The largest absolute Gasteiger partial charge is 0.481 e. The van der Waals surface area contributed by atoms with Crippen LogP contribution in [0.5, 0.6) is 0 Å². The van der Waals surface area contributed by atoms with Crippen molar-refractivity contribution in [1.29, 1.82) is 0 Å². The standard InChI is InChI=1S/C11H19NO4/c1-11(2,3)16-10(15)8-6-7(9(13)14)4-5-12-8/h7-8,12H,4-6H2,1-3H3,(H,13,14)/t7-,8+/m1/s1. The Balaban J connectivity index is 2.54. The molecular weight excluding hydrogens is 210 g/mol. The van der Waals surface area contributed by atoms with Gasteiger partial charge in [0.25, 0.3) is 0 Å². The minimum absolute atomic E-state index is 0.310. The van der Waals surface area contributed by atoms with Crippen LogP contribution >= 0.6 is 0 Å². The van der Waals surface area contributed by atoms with E-state index >= 15 is 0 Å². The van der Waals surface area contributed by atoms with Gasteiger partial charge in [-0.1, -0.05) is 0 Å². The Hall–Kier alpha value is -1.10. The Morgan fingerprint density at radius 3 is 2.50 bits per heavy atom. The van der Waals surface area contributed by atoms with Crippen LogP contribution in [0.25, 0.3) is 0 Å². The molecule has 0 aromatic heterocycles. The molecule has 0 aliphatic carbocycles. The van der Waals surface area contributed by atoms with Crippen molar-refractivity contribution >= 4 is 11.9 Å². The third kappa shape index (κ3) is 3.81. The van der Waals surface area contributed by atoms with Crippen LogP contribution in [0.4, 0.5) is 0 Å². The lowest BCUT2D eigenvalue weighted by Crippen LogP contribution is -2.47. The van der Waals surface area contributed by atoms with Gasteiger partial charge in [0.05, 0.1) is 5.92 Å². The van der Waals surface area contributed by atoms with Crippen molar-refractivity contribution in [2.24, 2.45) is 5.92 Å². The Bertz CT molecular complexity index is 282. The molecule has 2 atom stereocenters. The summed E-state index contributed by atoms with van der Waals surface area (Å²) in [5.41, 5.74) is -0.533. The molecule has 0 bridgehead atoms. The summed E-state index contributed by atoms with van der Waals surface area (Å²) in [5.74, 6) is -1.65. The number of piperidine rings is 1. The summed E-state index contributed by atoms with van der Waals surface area (Å²) < 4.78 is 5.21. The van der Waals surface area contributed by atoms with E-state index in [2.05, 4.69) is 5.32 Å². The summed E-state index contributed by atoms with van der Waals surface area (Å²) >= 11 is 0. The van der Waals surface area contributed by atoms with Gasteiger partial charge in [0.15, 0.2) is 0 Å². The van der Waals surface area contributed by atoms with Crippen LogP contribution in [-0.2, 0) is 14.3 Å². The van der Waals surface area contributed by atoms with Gasteiger partial charge in [-0.25, -0.2) is 0 Å². The first-order valence-corrected chi connectivity index (χ1v) is 5.48. The average Bonchev–Trinajstić information content (AvgIpc) is 2.15. The highest BCUT2D eigenvalue weighted by atomic mass is 16.6. The fraction of sp³-hybridized carbons (Fsp3) is 0.818. The van der Waals surface area contributed by atoms with Crippen LogP contribution in [0, 0.1) is 5.92 Å². The lowest BCUT2D eigenvalue weighted by molar-refractivity contribution is -0.159. The summed E-state index contributed by atoms with van der Waals surface area (Å²) in [6.45, 7) is 5.92. The predicted molar refractivity (Wildman–Crippen MR) is 58.0 cm³/mol. The van der Waals surface area contributed by atoms with Gasteiger partial charge < -0.3 is 15.2 Å². The number of carbonyl (C=O) groups is 2. The SMILES string of the molecule is CC(C)(C)OC(=O)[C@@H]1C[C@H](C(=O)O)CCN1. The lowest BCUT2D eigenvalue weighted by Gasteiger charge is -2.29. The van der Waals surface area contributed by atoms with E-state index in [-0.39, 0.29) is 5.97 Å². The minimum atomic E-state index is -0.838. The molecule has 1 saturated heterocycles. The molecule has 1 heterocycles. The molecule has 16 heavy (non-hydrogen) atoms. The lowest BCUT2D eigenvalue weighted by atomic mass is 9.92. The zero-order chi connectivity index (χ0) is 12.3. The summed E-state index contributed by atoms with van der Waals surface area (Å²) in [6.07, 6.45) is 0.874. The van der Waals surface area contributed by atoms with E-state index in [1.807, 2.05) is 0 Å². The zero-order valence-corrected chi connectivity index (χ0v) is 9.95. The molecule has 0 aromatic carbocycles. The highest BCUT2D eigenvalue weighted by Gasteiger charge is 2.33. The van der Waals surface area contributed by atoms with Crippen LogP contribution in [0.1, 0.15) is 33.6 Å². The van der Waals surface area contributed by atoms with Crippen LogP contribution in [0.2, 0.25) is 0 Å². The van der Waals surface area contributed by atoms with Crippen molar-refractivity contribution in [3.05, 3.63) is 0 Å². The van der Waals surface area contributed by atoms with Crippen LogP contribution < -0.4 is 5.32 Å². The average molecular weight is 229 g/mol. The normalized spacial score (nSPS) is 26.2. The molecule has 0 amide bonds. The zero-order valence-electron chi connectivity index (χ0n) is 9.95. The monoisotopic (exact) mass is 229 g/mol. The number of hydrogen-bond acceptors (Lipinski definition) is 4. The number of rotatable bonds is 2. The van der Waals surface area contributed by atoms with E-state index in [9.17, 15) is 9.59 Å². The third-order valence-corrected chi connectivity index (χ3v) is 2.44. The first-order valence-electron chi connectivity index (χ1n) is 5.48. The maximum absolute atomic E-state index is 11.7.